The second-order valence-electron chi connectivity index (χ2n) is 8.53. The molecule has 0 spiro atoms. The summed E-state index contributed by atoms with van der Waals surface area (Å²) in [7, 11) is 0. The van der Waals surface area contributed by atoms with Gasteiger partial charge in [-0.05, 0) is 55.7 Å². The predicted octanol–water partition coefficient (Wildman–Crippen LogP) is 4.73. The van der Waals surface area contributed by atoms with Gasteiger partial charge in [0.1, 0.15) is 0 Å². The summed E-state index contributed by atoms with van der Waals surface area (Å²) in [6.07, 6.45) is 7.22. The lowest BCUT2D eigenvalue weighted by Gasteiger charge is -2.21. The van der Waals surface area contributed by atoms with E-state index in [9.17, 15) is 9.59 Å². The zero-order valence-electron chi connectivity index (χ0n) is 19.2. The molecule has 0 saturated carbocycles. The van der Waals surface area contributed by atoms with Crippen LogP contribution in [0.5, 0.6) is 0 Å². The molecule has 1 aliphatic rings. The van der Waals surface area contributed by atoms with Crippen LogP contribution < -0.4 is 11.1 Å². The molecule has 5 rings (SSSR count). The van der Waals surface area contributed by atoms with Crippen molar-refractivity contribution in [1.29, 1.82) is 0 Å². The Hall–Kier alpha value is -3.98. The second kappa shape index (κ2) is 9.71. The van der Waals surface area contributed by atoms with E-state index in [0.717, 1.165) is 40.7 Å². The van der Waals surface area contributed by atoms with Gasteiger partial charge in [-0.15, -0.1) is 11.3 Å². The highest BCUT2D eigenvalue weighted by Gasteiger charge is 2.25. The van der Waals surface area contributed by atoms with Crippen molar-refractivity contribution in [2.24, 2.45) is 0 Å². The Labute approximate surface area is 207 Å². The monoisotopic (exact) mass is 486 g/mol. The van der Waals surface area contributed by atoms with Crippen molar-refractivity contribution in [1.82, 2.24) is 19.4 Å². The Kier molecular flexibility index (Phi) is 6.33. The largest absolute Gasteiger partial charge is 0.397 e. The summed E-state index contributed by atoms with van der Waals surface area (Å²) in [5.41, 5.74) is 9.10. The molecular formula is C26H26N6O2S. The van der Waals surface area contributed by atoms with Crippen molar-refractivity contribution in [3.8, 4) is 10.4 Å². The van der Waals surface area contributed by atoms with Crippen molar-refractivity contribution >= 4 is 45.8 Å². The molecule has 0 radical (unpaired) electrons. The number of nitrogens with two attached hydrogens (primary N) is 1. The second-order valence-corrected chi connectivity index (χ2v) is 9.62. The summed E-state index contributed by atoms with van der Waals surface area (Å²) in [4.78, 5) is 37.6. The molecule has 4 heterocycles. The van der Waals surface area contributed by atoms with Crippen LogP contribution in [0, 0.1) is 0 Å². The fourth-order valence-corrected chi connectivity index (χ4v) is 5.44. The number of para-hydroxylation sites is 2. The minimum atomic E-state index is -0.216. The summed E-state index contributed by atoms with van der Waals surface area (Å²) < 4.78 is 2.12. The number of carbonyl (C=O) groups excluding carboxylic acids is 2. The first-order chi connectivity index (χ1) is 17.0. The van der Waals surface area contributed by atoms with E-state index >= 15 is 0 Å². The van der Waals surface area contributed by atoms with Gasteiger partial charge in [-0.3, -0.25) is 19.9 Å². The molecule has 1 fully saturated rings. The van der Waals surface area contributed by atoms with Crippen LogP contribution >= 0.6 is 11.3 Å². The summed E-state index contributed by atoms with van der Waals surface area (Å²) in [6, 6.07) is 13.5. The van der Waals surface area contributed by atoms with Gasteiger partial charge < -0.3 is 15.2 Å². The number of imidazole rings is 1. The lowest BCUT2D eigenvalue weighted by molar-refractivity contribution is -0.125. The minimum absolute atomic E-state index is 0.0430. The normalized spacial score (nSPS) is 16.1. The molecule has 2 amide bonds. The fourth-order valence-electron chi connectivity index (χ4n) is 4.56. The predicted molar refractivity (Wildman–Crippen MR) is 139 cm³/mol. The third-order valence-corrected chi connectivity index (χ3v) is 7.38. The smallest absolute Gasteiger partial charge is 0.268 e. The lowest BCUT2D eigenvalue weighted by atomic mass is 10.1. The first-order valence-electron chi connectivity index (χ1n) is 11.5. The molecule has 4 aromatic rings. The van der Waals surface area contributed by atoms with Crippen LogP contribution in [-0.4, -0.2) is 44.3 Å². The Morgan fingerprint density at radius 2 is 2.00 bits per heavy atom. The summed E-state index contributed by atoms with van der Waals surface area (Å²) in [6.45, 7) is 4.95. The lowest BCUT2D eigenvalue weighted by Crippen LogP contribution is -2.30. The third kappa shape index (κ3) is 4.67. The molecule has 0 aliphatic carbocycles. The number of amides is 2. The molecule has 1 saturated heterocycles. The topological polar surface area (TPSA) is 106 Å². The molecular weight excluding hydrogens is 460 g/mol. The van der Waals surface area contributed by atoms with Gasteiger partial charge >= 0.3 is 0 Å². The number of benzene rings is 1. The van der Waals surface area contributed by atoms with Crippen LogP contribution in [0.25, 0.3) is 21.5 Å². The van der Waals surface area contributed by atoms with Crippen molar-refractivity contribution < 1.29 is 9.59 Å². The fraction of sp³-hybridized carbons (Fsp3) is 0.231. The number of rotatable bonds is 5. The van der Waals surface area contributed by atoms with E-state index in [1.54, 1.807) is 18.5 Å². The number of likely N-dealkylation sites (tertiary alicyclic amines) is 1. The van der Waals surface area contributed by atoms with E-state index in [0.29, 0.717) is 29.6 Å². The molecule has 178 valence electrons. The van der Waals surface area contributed by atoms with Gasteiger partial charge in [-0.1, -0.05) is 18.7 Å². The molecule has 8 nitrogen and oxygen atoms in total. The summed E-state index contributed by atoms with van der Waals surface area (Å²) >= 11 is 1.38. The van der Waals surface area contributed by atoms with Gasteiger partial charge in [0.2, 0.25) is 11.9 Å². The summed E-state index contributed by atoms with van der Waals surface area (Å²) in [5.74, 6) is 0.260. The van der Waals surface area contributed by atoms with E-state index in [-0.39, 0.29) is 17.9 Å². The van der Waals surface area contributed by atoms with E-state index < -0.39 is 0 Å². The molecule has 9 heteroatoms. The van der Waals surface area contributed by atoms with Gasteiger partial charge in [-0.25, -0.2) is 4.98 Å². The van der Waals surface area contributed by atoms with E-state index in [1.165, 1.54) is 17.4 Å². The van der Waals surface area contributed by atoms with Gasteiger partial charge in [0.05, 0.1) is 21.6 Å². The van der Waals surface area contributed by atoms with Gasteiger partial charge in [0.15, 0.2) is 0 Å². The standard InChI is InChI=1S/C26H26N6O2S/c1-2-24(33)31-12-5-6-19(11-13-31)32-21-8-4-3-7-20(21)29-26(32)30-25(34)23-10-9-22(35-23)17-14-18(27)16-28-15-17/h2-4,7-10,14-16,19H,1,5-6,11-13,27H2,(H,29,30,34)/t19-/m1/s1. The zero-order valence-corrected chi connectivity index (χ0v) is 20.0. The molecule has 0 unspecified atom stereocenters. The van der Waals surface area contributed by atoms with Crippen molar-refractivity contribution in [2.45, 2.75) is 25.3 Å². The maximum Gasteiger partial charge on any atom is 0.268 e. The third-order valence-electron chi connectivity index (χ3n) is 6.24. The number of carbonyl (C=O) groups is 2. The van der Waals surface area contributed by atoms with Crippen LogP contribution in [0.2, 0.25) is 0 Å². The van der Waals surface area contributed by atoms with Crippen LogP contribution in [-0.2, 0) is 4.79 Å². The first-order valence-corrected chi connectivity index (χ1v) is 12.4. The highest BCUT2D eigenvalue weighted by molar-refractivity contribution is 7.17. The minimum Gasteiger partial charge on any atom is -0.397 e. The van der Waals surface area contributed by atoms with E-state index in [1.807, 2.05) is 41.3 Å². The number of anilines is 2. The number of nitrogens with one attached hydrogen (secondary N) is 1. The highest BCUT2D eigenvalue weighted by atomic mass is 32.1. The molecule has 1 atom stereocenters. The quantitative estimate of drug-likeness (QED) is 0.397. The van der Waals surface area contributed by atoms with Crippen molar-refractivity contribution in [3.05, 3.63) is 72.4 Å². The molecule has 3 aromatic heterocycles. The number of nitrogens with zero attached hydrogens (tertiary/aromatic N) is 4. The van der Waals surface area contributed by atoms with Crippen molar-refractivity contribution in [2.75, 3.05) is 24.1 Å². The number of hydrogen-bond acceptors (Lipinski definition) is 6. The number of fused-ring (bicyclic) bond motifs is 1. The van der Waals surface area contributed by atoms with Gasteiger partial charge in [0, 0.05) is 42.0 Å². The average molecular weight is 487 g/mol. The first kappa shape index (κ1) is 22.8. The molecule has 0 bridgehead atoms. The van der Waals surface area contributed by atoms with Crippen LogP contribution in [0.15, 0.2) is 67.5 Å². The summed E-state index contributed by atoms with van der Waals surface area (Å²) in [5, 5.41) is 3.04. The maximum atomic E-state index is 13.2. The van der Waals surface area contributed by atoms with E-state index in [4.69, 9.17) is 10.7 Å². The maximum absolute atomic E-state index is 13.2. The van der Waals surface area contributed by atoms with Crippen LogP contribution in [0.3, 0.4) is 0 Å². The van der Waals surface area contributed by atoms with Gasteiger partial charge in [-0.2, -0.15) is 0 Å². The number of thiophene rings is 1. The Bertz CT molecular complexity index is 1410. The Balaban J connectivity index is 1.42. The zero-order chi connectivity index (χ0) is 24.4. The average Bonchev–Trinajstić information content (AvgIpc) is 3.42. The van der Waals surface area contributed by atoms with Crippen LogP contribution in [0.1, 0.15) is 35.0 Å². The number of pyridine rings is 1. The number of hydrogen-bond donors (Lipinski definition) is 2. The Morgan fingerprint density at radius 3 is 2.83 bits per heavy atom. The number of nitrogen functional groups attached to an aromatic ring is 1. The number of aromatic nitrogens is 3. The molecule has 1 aliphatic heterocycles. The van der Waals surface area contributed by atoms with Gasteiger partial charge in [0.25, 0.3) is 5.91 Å². The van der Waals surface area contributed by atoms with Crippen molar-refractivity contribution in [3.63, 3.8) is 0 Å². The molecule has 1 aromatic carbocycles. The Morgan fingerprint density at radius 1 is 1.14 bits per heavy atom. The molecule has 35 heavy (non-hydrogen) atoms. The molecule has 3 N–H and O–H groups in total. The van der Waals surface area contributed by atoms with E-state index in [2.05, 4.69) is 21.4 Å². The highest BCUT2D eigenvalue weighted by Crippen LogP contribution is 2.33. The van der Waals surface area contributed by atoms with Crippen LogP contribution in [0.4, 0.5) is 11.6 Å². The SMILES string of the molecule is C=CC(=O)N1CCC[C@@H](n2c(NC(=O)c3ccc(-c4cncc(N)c4)s3)nc3ccccc32)CC1.